The number of aliphatic hydroxyl groups is 1. The van der Waals surface area contributed by atoms with Gasteiger partial charge in [0.15, 0.2) is 0 Å². The SMILES string of the molecule is COc1ccc(C(F)(F)F)cc1N1C(c2ccc(-c3ccccc3CO)cc2)=Nc2c(F)cccc2C1CC(=O)O. The highest BCUT2D eigenvalue weighted by molar-refractivity contribution is 6.14. The molecule has 6 nitrogen and oxygen atoms in total. The fraction of sp³-hybridized carbons (Fsp3) is 0.161. The summed E-state index contributed by atoms with van der Waals surface area (Å²) in [6.45, 7) is -0.180. The smallest absolute Gasteiger partial charge is 0.416 e. The maximum Gasteiger partial charge on any atom is 0.416 e. The monoisotopic (exact) mass is 564 g/mol. The Labute approximate surface area is 232 Å². The Hall–Kier alpha value is -4.70. The van der Waals surface area contributed by atoms with Gasteiger partial charge in [-0.15, -0.1) is 0 Å². The second-order valence-electron chi connectivity index (χ2n) is 9.37. The third-order valence-corrected chi connectivity index (χ3v) is 6.91. The molecule has 1 heterocycles. The fourth-order valence-electron chi connectivity index (χ4n) is 5.01. The number of anilines is 1. The van der Waals surface area contributed by atoms with Crippen LogP contribution in [0.5, 0.6) is 5.75 Å². The van der Waals surface area contributed by atoms with Crippen molar-refractivity contribution >= 4 is 23.2 Å². The third kappa shape index (κ3) is 5.38. The van der Waals surface area contributed by atoms with E-state index in [0.29, 0.717) is 11.1 Å². The minimum atomic E-state index is -4.69. The number of methoxy groups -OCH3 is 1. The summed E-state index contributed by atoms with van der Waals surface area (Å²) in [5.41, 5.74) is 1.71. The molecule has 1 aliphatic heterocycles. The minimum absolute atomic E-state index is 0.0495. The number of amidine groups is 1. The number of carbonyl (C=O) groups is 1. The molecule has 5 rings (SSSR count). The van der Waals surface area contributed by atoms with Gasteiger partial charge in [-0.3, -0.25) is 4.79 Å². The van der Waals surface area contributed by atoms with Crippen molar-refractivity contribution in [1.29, 1.82) is 0 Å². The van der Waals surface area contributed by atoms with E-state index >= 15 is 4.39 Å². The Bertz CT molecular complexity index is 1630. The van der Waals surface area contributed by atoms with Gasteiger partial charge < -0.3 is 19.8 Å². The van der Waals surface area contributed by atoms with E-state index in [2.05, 4.69) is 4.99 Å². The second kappa shape index (κ2) is 11.1. The van der Waals surface area contributed by atoms with Gasteiger partial charge in [-0.05, 0) is 41.0 Å². The van der Waals surface area contributed by atoms with Gasteiger partial charge in [-0.25, -0.2) is 9.38 Å². The summed E-state index contributed by atoms with van der Waals surface area (Å²) in [6.07, 6.45) is -5.25. The highest BCUT2D eigenvalue weighted by Crippen LogP contribution is 2.46. The van der Waals surface area contributed by atoms with Gasteiger partial charge in [0.05, 0.1) is 37.4 Å². The van der Waals surface area contributed by atoms with E-state index < -0.39 is 36.0 Å². The summed E-state index contributed by atoms with van der Waals surface area (Å²) in [5, 5.41) is 19.6. The molecule has 1 unspecified atom stereocenters. The van der Waals surface area contributed by atoms with Crippen LogP contribution in [0.4, 0.5) is 28.9 Å². The molecule has 4 aromatic carbocycles. The number of aliphatic carboxylic acids is 1. The van der Waals surface area contributed by atoms with Gasteiger partial charge in [-0.2, -0.15) is 13.2 Å². The van der Waals surface area contributed by atoms with Gasteiger partial charge in [-0.1, -0.05) is 60.7 Å². The number of aliphatic imine (C=N–C) groups is 1. The van der Waals surface area contributed by atoms with Crippen LogP contribution in [0.15, 0.2) is 89.9 Å². The van der Waals surface area contributed by atoms with Gasteiger partial charge >= 0.3 is 12.1 Å². The molecule has 0 bridgehead atoms. The van der Waals surface area contributed by atoms with Crippen molar-refractivity contribution in [3.8, 4) is 16.9 Å². The van der Waals surface area contributed by atoms with Crippen LogP contribution < -0.4 is 9.64 Å². The number of halogens is 4. The van der Waals surface area contributed by atoms with Crippen molar-refractivity contribution in [3.05, 3.63) is 113 Å². The maximum atomic E-state index is 15.1. The summed E-state index contributed by atoms with van der Waals surface area (Å²) < 4.78 is 61.9. The number of carboxylic acid groups (broad SMARTS) is 1. The van der Waals surface area contributed by atoms with E-state index in [9.17, 15) is 28.2 Å². The van der Waals surface area contributed by atoms with E-state index in [4.69, 9.17) is 4.74 Å². The molecular weight excluding hydrogens is 540 g/mol. The molecular formula is C31H24F4N2O4. The molecule has 0 saturated carbocycles. The van der Waals surface area contributed by atoms with Crippen LogP contribution in [0.2, 0.25) is 0 Å². The first-order chi connectivity index (χ1) is 19.6. The number of nitrogens with zero attached hydrogens (tertiary/aromatic N) is 2. The van der Waals surface area contributed by atoms with E-state index in [0.717, 1.165) is 29.3 Å². The molecule has 2 N–H and O–H groups in total. The van der Waals surface area contributed by atoms with Gasteiger partial charge in [0.1, 0.15) is 23.1 Å². The Morgan fingerprint density at radius 3 is 2.34 bits per heavy atom. The van der Waals surface area contributed by atoms with Crippen molar-refractivity contribution in [1.82, 2.24) is 0 Å². The lowest BCUT2D eigenvalue weighted by molar-refractivity contribution is -0.138. The van der Waals surface area contributed by atoms with Crippen LogP contribution >= 0.6 is 0 Å². The van der Waals surface area contributed by atoms with Gasteiger partial charge in [0.25, 0.3) is 0 Å². The number of hydrogen-bond acceptors (Lipinski definition) is 5. The highest BCUT2D eigenvalue weighted by atomic mass is 19.4. The molecule has 0 fully saturated rings. The largest absolute Gasteiger partial charge is 0.495 e. The lowest BCUT2D eigenvalue weighted by atomic mass is 9.94. The third-order valence-electron chi connectivity index (χ3n) is 6.91. The molecule has 10 heteroatoms. The number of ether oxygens (including phenoxy) is 1. The maximum absolute atomic E-state index is 15.1. The van der Waals surface area contributed by atoms with E-state index in [1.54, 1.807) is 36.4 Å². The molecule has 0 amide bonds. The van der Waals surface area contributed by atoms with Crippen LogP contribution in [-0.4, -0.2) is 29.1 Å². The molecule has 0 saturated heterocycles. The van der Waals surface area contributed by atoms with Crippen molar-refractivity contribution < 1.29 is 37.3 Å². The zero-order valence-electron chi connectivity index (χ0n) is 21.7. The predicted molar refractivity (Wildman–Crippen MR) is 146 cm³/mol. The molecule has 41 heavy (non-hydrogen) atoms. The van der Waals surface area contributed by atoms with Crippen molar-refractivity contribution in [2.24, 2.45) is 4.99 Å². The molecule has 0 spiro atoms. The lowest BCUT2D eigenvalue weighted by Gasteiger charge is -2.38. The Morgan fingerprint density at radius 1 is 0.976 bits per heavy atom. The number of rotatable bonds is 7. The quantitative estimate of drug-likeness (QED) is 0.234. The van der Waals surface area contributed by atoms with Crippen molar-refractivity contribution in [3.63, 3.8) is 0 Å². The number of para-hydroxylation sites is 1. The van der Waals surface area contributed by atoms with Crippen LogP contribution in [0.3, 0.4) is 0 Å². The topological polar surface area (TPSA) is 82.4 Å². The lowest BCUT2D eigenvalue weighted by Crippen LogP contribution is -2.39. The van der Waals surface area contributed by atoms with Crippen molar-refractivity contribution in [2.45, 2.75) is 25.2 Å². The Kier molecular flexibility index (Phi) is 7.51. The number of hydrogen-bond donors (Lipinski definition) is 2. The summed E-state index contributed by atoms with van der Waals surface area (Å²) in [6, 6.07) is 20.0. The molecule has 1 aliphatic rings. The average molecular weight is 565 g/mol. The first kappa shape index (κ1) is 27.9. The van der Waals surface area contributed by atoms with E-state index in [-0.39, 0.29) is 35.1 Å². The zero-order valence-corrected chi connectivity index (χ0v) is 21.7. The molecule has 4 aromatic rings. The minimum Gasteiger partial charge on any atom is -0.495 e. The molecule has 0 aromatic heterocycles. The summed E-state index contributed by atoms with van der Waals surface area (Å²) in [7, 11) is 1.29. The summed E-state index contributed by atoms with van der Waals surface area (Å²) >= 11 is 0. The standard InChI is InChI=1S/C31H24F4N2O4/c1-41-27-14-13-21(31(33,34)35)15-26(27)37-25(16-28(39)40)23-7-4-8-24(32)29(23)36-30(37)19-11-9-18(10-12-19)22-6-3-2-5-20(22)17-38/h2-15,25,38H,16-17H2,1H3,(H,39,40). The number of benzene rings is 4. The van der Waals surface area contributed by atoms with Gasteiger partial charge in [0, 0.05) is 11.1 Å². The first-order valence-corrected chi connectivity index (χ1v) is 12.5. The van der Waals surface area contributed by atoms with Crippen LogP contribution in [0.25, 0.3) is 11.1 Å². The average Bonchev–Trinajstić information content (AvgIpc) is 2.96. The molecule has 0 aliphatic carbocycles. The zero-order chi connectivity index (χ0) is 29.3. The highest BCUT2D eigenvalue weighted by Gasteiger charge is 2.38. The Balaban J connectivity index is 1.74. The number of alkyl halides is 3. The number of aliphatic hydroxyl groups excluding tert-OH is 1. The van der Waals surface area contributed by atoms with Crippen molar-refractivity contribution in [2.75, 3.05) is 12.0 Å². The second-order valence-corrected chi connectivity index (χ2v) is 9.37. The molecule has 0 radical (unpaired) electrons. The number of carboxylic acids is 1. The molecule has 210 valence electrons. The molecule has 1 atom stereocenters. The fourth-order valence-corrected chi connectivity index (χ4v) is 5.01. The summed E-state index contributed by atoms with van der Waals surface area (Å²) in [4.78, 5) is 17.9. The normalized spacial score (nSPS) is 14.8. The summed E-state index contributed by atoms with van der Waals surface area (Å²) in [5.74, 6) is -1.83. The predicted octanol–water partition coefficient (Wildman–Crippen LogP) is 7.13. The van der Waals surface area contributed by atoms with Crippen LogP contribution in [0, 0.1) is 5.82 Å². The van der Waals surface area contributed by atoms with Crippen LogP contribution in [-0.2, 0) is 17.6 Å². The van der Waals surface area contributed by atoms with E-state index in [1.807, 2.05) is 12.1 Å². The van der Waals surface area contributed by atoms with E-state index in [1.165, 1.54) is 30.2 Å². The first-order valence-electron chi connectivity index (χ1n) is 12.5. The number of fused-ring (bicyclic) bond motifs is 1. The Morgan fingerprint density at radius 2 is 1.68 bits per heavy atom. The van der Waals surface area contributed by atoms with Gasteiger partial charge in [0.2, 0.25) is 0 Å². The van der Waals surface area contributed by atoms with Crippen LogP contribution in [0.1, 0.15) is 34.7 Å².